The van der Waals surface area contributed by atoms with Gasteiger partial charge < -0.3 is 18.9 Å². The zero-order valence-electron chi connectivity index (χ0n) is 26.8. The molecule has 0 saturated heterocycles. The minimum atomic E-state index is 0.566. The number of fused-ring (bicyclic) bond motifs is 3. The van der Waals surface area contributed by atoms with Gasteiger partial charge >= 0.3 is 0 Å². The van der Waals surface area contributed by atoms with E-state index in [0.29, 0.717) is 27.5 Å². The lowest BCUT2D eigenvalue weighted by molar-refractivity contribution is -0.735. The summed E-state index contributed by atoms with van der Waals surface area (Å²) in [4.78, 5) is 5.02. The first kappa shape index (κ1) is 29.4. The van der Waals surface area contributed by atoms with Crippen LogP contribution in [0, 0.1) is 0 Å². The molecule has 0 aliphatic carbocycles. The number of nitrogens with zero attached hydrogens (tertiary/aromatic N) is 2. The molecule has 6 heteroatoms. The van der Waals surface area contributed by atoms with E-state index in [2.05, 4.69) is 92.0 Å². The predicted molar refractivity (Wildman–Crippen MR) is 186 cm³/mol. The summed E-state index contributed by atoms with van der Waals surface area (Å²) in [6, 6.07) is 36.1. The standard InChI is InChI=1S/C40H37N2O4/c1-42-17-16-41-40(42)34-25-37(44-3)36(43-2)23-31(34)22-35(42)32-21-33(39(46-5)38(24-32)45-4)30-19-28(26-12-8-6-9-13-26)18-29(20-30)27-14-10-7-11-15-27/h6-15,18-25H,16-17H2,1-5H3/q+1. The molecule has 5 aromatic rings. The molecule has 0 N–H and O–H groups in total. The highest BCUT2D eigenvalue weighted by atomic mass is 16.5. The summed E-state index contributed by atoms with van der Waals surface area (Å²) >= 11 is 0. The first-order valence-electron chi connectivity index (χ1n) is 15.4. The Morgan fingerprint density at radius 2 is 1.13 bits per heavy atom. The molecule has 1 unspecified atom stereocenters. The number of benzene rings is 5. The average Bonchev–Trinajstić information content (AvgIpc) is 3.53. The fourth-order valence-electron chi connectivity index (χ4n) is 6.77. The number of amidine groups is 1. The van der Waals surface area contributed by atoms with Crippen molar-refractivity contribution in [2.24, 2.45) is 4.99 Å². The Morgan fingerprint density at radius 1 is 0.543 bits per heavy atom. The minimum Gasteiger partial charge on any atom is -0.493 e. The molecule has 6 nitrogen and oxygen atoms in total. The molecule has 0 fully saturated rings. The summed E-state index contributed by atoms with van der Waals surface area (Å²) in [6.07, 6.45) is 2.25. The van der Waals surface area contributed by atoms with Gasteiger partial charge in [-0.2, -0.15) is 0 Å². The Balaban J connectivity index is 1.47. The molecule has 0 amide bonds. The van der Waals surface area contributed by atoms with Gasteiger partial charge in [0.05, 0.1) is 47.6 Å². The molecular weight excluding hydrogens is 572 g/mol. The van der Waals surface area contributed by atoms with Gasteiger partial charge in [-0.15, -0.1) is 0 Å². The van der Waals surface area contributed by atoms with Crippen LogP contribution in [0.15, 0.2) is 108 Å². The maximum Gasteiger partial charge on any atom is 0.236 e. The second kappa shape index (κ2) is 11.9. The highest BCUT2D eigenvalue weighted by Crippen LogP contribution is 2.47. The summed E-state index contributed by atoms with van der Waals surface area (Å²) in [5.74, 6) is 3.76. The number of aliphatic imine (C=N–C) groups is 1. The van der Waals surface area contributed by atoms with Gasteiger partial charge in [0.1, 0.15) is 12.2 Å². The van der Waals surface area contributed by atoms with E-state index in [1.807, 2.05) is 24.3 Å². The molecule has 1 atom stereocenters. The van der Waals surface area contributed by atoms with E-state index in [1.54, 1.807) is 28.4 Å². The third kappa shape index (κ3) is 4.91. The molecule has 7 rings (SSSR count). The number of ether oxygens (including phenoxy) is 4. The summed E-state index contributed by atoms with van der Waals surface area (Å²) in [5.41, 5.74) is 10.8. The Morgan fingerprint density at radius 3 is 1.72 bits per heavy atom. The molecule has 0 saturated carbocycles. The van der Waals surface area contributed by atoms with Crippen molar-refractivity contribution >= 4 is 17.6 Å². The molecular formula is C40H37N2O4+. The Bertz CT molecular complexity index is 1940. The summed E-state index contributed by atoms with van der Waals surface area (Å²) in [5, 5.41) is 0. The van der Waals surface area contributed by atoms with E-state index in [1.165, 1.54) is 0 Å². The maximum atomic E-state index is 6.08. The molecule has 0 radical (unpaired) electrons. The Labute approximate surface area is 270 Å². The lowest BCUT2D eigenvalue weighted by Gasteiger charge is -2.36. The van der Waals surface area contributed by atoms with Crippen LogP contribution in [0.25, 0.3) is 45.2 Å². The second-order valence-corrected chi connectivity index (χ2v) is 11.7. The third-order valence-corrected chi connectivity index (χ3v) is 9.13. The van der Waals surface area contributed by atoms with Crippen LogP contribution < -0.4 is 18.9 Å². The number of methoxy groups -OCH3 is 4. The minimum absolute atomic E-state index is 0.566. The van der Waals surface area contributed by atoms with Gasteiger partial charge in [-0.25, -0.2) is 9.48 Å². The first-order valence-corrected chi connectivity index (χ1v) is 15.4. The number of quaternary nitrogens is 1. The number of hydrogen-bond donors (Lipinski definition) is 0. The monoisotopic (exact) mass is 609 g/mol. The molecule has 5 aromatic carbocycles. The molecule has 0 bridgehead atoms. The summed E-state index contributed by atoms with van der Waals surface area (Å²) < 4.78 is 24.0. The van der Waals surface area contributed by atoms with Crippen LogP contribution in [0.5, 0.6) is 23.0 Å². The van der Waals surface area contributed by atoms with Crippen LogP contribution in [0.1, 0.15) is 16.7 Å². The first-order chi connectivity index (χ1) is 22.5. The lowest BCUT2D eigenvalue weighted by atomic mass is 9.90. The van der Waals surface area contributed by atoms with Crippen LogP contribution in [-0.4, -0.2) is 58.9 Å². The zero-order valence-corrected chi connectivity index (χ0v) is 26.8. The van der Waals surface area contributed by atoms with Gasteiger partial charge in [-0.1, -0.05) is 60.7 Å². The summed E-state index contributed by atoms with van der Waals surface area (Å²) in [7, 11) is 8.97. The molecule has 2 aliphatic heterocycles. The van der Waals surface area contributed by atoms with Crippen molar-refractivity contribution in [3.05, 3.63) is 120 Å². The number of likely N-dealkylation sites (N-methyl/N-ethyl adjacent to an activating group) is 1. The topological polar surface area (TPSA) is 49.3 Å². The van der Waals surface area contributed by atoms with Crippen molar-refractivity contribution < 1.29 is 23.4 Å². The highest BCUT2D eigenvalue weighted by molar-refractivity contribution is 6.07. The molecule has 2 heterocycles. The van der Waals surface area contributed by atoms with Crippen molar-refractivity contribution in [2.75, 3.05) is 48.6 Å². The fraction of sp³-hybridized carbons (Fsp3) is 0.175. The number of rotatable bonds is 8. The van der Waals surface area contributed by atoms with Crippen LogP contribution >= 0.6 is 0 Å². The van der Waals surface area contributed by atoms with Crippen molar-refractivity contribution in [2.45, 2.75) is 0 Å². The molecule has 0 spiro atoms. The molecule has 0 aromatic heterocycles. The van der Waals surface area contributed by atoms with Crippen molar-refractivity contribution in [3.8, 4) is 56.4 Å². The van der Waals surface area contributed by atoms with Gasteiger partial charge in [0, 0.05) is 17.2 Å². The smallest absolute Gasteiger partial charge is 0.236 e. The third-order valence-electron chi connectivity index (χ3n) is 9.13. The van der Waals surface area contributed by atoms with E-state index < -0.39 is 0 Å². The van der Waals surface area contributed by atoms with Crippen LogP contribution in [-0.2, 0) is 0 Å². The van der Waals surface area contributed by atoms with Crippen LogP contribution in [0.3, 0.4) is 0 Å². The van der Waals surface area contributed by atoms with Gasteiger partial charge in [0.2, 0.25) is 5.84 Å². The van der Waals surface area contributed by atoms with E-state index >= 15 is 0 Å². The van der Waals surface area contributed by atoms with E-state index in [0.717, 1.165) is 74.7 Å². The molecule has 46 heavy (non-hydrogen) atoms. The van der Waals surface area contributed by atoms with Gasteiger partial charge in [-0.3, -0.25) is 0 Å². The van der Waals surface area contributed by atoms with Crippen LogP contribution in [0.4, 0.5) is 0 Å². The SMILES string of the molecule is COc1cc2c(cc1OC)C1=NCC[N+]1(C)C(c1cc(OC)c(OC)c(-c3cc(-c4ccccc4)cc(-c4ccccc4)c3)c1)=C2. The maximum absolute atomic E-state index is 6.08. The van der Waals surface area contributed by atoms with Gasteiger partial charge in [0.15, 0.2) is 23.0 Å². The van der Waals surface area contributed by atoms with E-state index in [4.69, 9.17) is 23.9 Å². The quantitative estimate of drug-likeness (QED) is 0.166. The van der Waals surface area contributed by atoms with Gasteiger partial charge in [0.25, 0.3) is 0 Å². The predicted octanol–water partition coefficient (Wildman–Crippen LogP) is 8.44. The van der Waals surface area contributed by atoms with Crippen molar-refractivity contribution in [1.82, 2.24) is 0 Å². The molecule has 230 valence electrons. The van der Waals surface area contributed by atoms with E-state index in [9.17, 15) is 0 Å². The van der Waals surface area contributed by atoms with Crippen molar-refractivity contribution in [3.63, 3.8) is 0 Å². The molecule has 2 aliphatic rings. The fourth-order valence-corrected chi connectivity index (χ4v) is 6.77. The summed E-state index contributed by atoms with van der Waals surface area (Å²) in [6.45, 7) is 1.58. The lowest BCUT2D eigenvalue weighted by Crippen LogP contribution is -2.47. The normalized spacial score (nSPS) is 16.5. The highest BCUT2D eigenvalue weighted by Gasteiger charge is 2.44. The number of hydrogen-bond acceptors (Lipinski definition) is 5. The van der Waals surface area contributed by atoms with Crippen molar-refractivity contribution in [1.29, 1.82) is 0 Å². The van der Waals surface area contributed by atoms with E-state index in [-0.39, 0.29) is 0 Å². The van der Waals surface area contributed by atoms with Gasteiger partial charge in [-0.05, 0) is 75.8 Å². The zero-order chi connectivity index (χ0) is 31.8. The Kier molecular flexibility index (Phi) is 7.59. The average molecular weight is 610 g/mol. The van der Waals surface area contributed by atoms with Crippen LogP contribution in [0.2, 0.25) is 0 Å². The second-order valence-electron chi connectivity index (χ2n) is 11.7. The largest absolute Gasteiger partial charge is 0.493 e. The Hall–Kier alpha value is -5.33.